The maximum atomic E-state index is 12.6. The zero-order valence-electron chi connectivity index (χ0n) is 15.2. The van der Waals surface area contributed by atoms with Crippen molar-refractivity contribution in [1.82, 2.24) is 0 Å². The molecule has 0 saturated carbocycles. The average Bonchev–Trinajstić information content (AvgIpc) is 2.67. The highest BCUT2D eigenvalue weighted by atomic mass is 16.6. The molecule has 0 fully saturated rings. The van der Waals surface area contributed by atoms with Crippen molar-refractivity contribution in [3.63, 3.8) is 0 Å². The number of hydrogen-bond donors (Lipinski definition) is 0. The molecule has 2 rings (SSSR count). The van der Waals surface area contributed by atoms with Gasteiger partial charge < -0.3 is 18.9 Å². The summed E-state index contributed by atoms with van der Waals surface area (Å²) in [7, 11) is 4.32. The number of hydrogen-bond acceptors (Lipinski definition) is 7. The molecular formula is C19H19NO7. The van der Waals surface area contributed by atoms with Crippen molar-refractivity contribution in [2.75, 3.05) is 21.3 Å². The number of nitro benzene ring substituents is 1. The van der Waals surface area contributed by atoms with Crippen molar-refractivity contribution in [3.05, 3.63) is 64.2 Å². The number of carbonyl (C=O) groups excluding carboxylic acids is 1. The van der Waals surface area contributed by atoms with E-state index in [0.29, 0.717) is 23.5 Å². The molecule has 0 amide bonds. The number of esters is 1. The highest BCUT2D eigenvalue weighted by Gasteiger charge is 2.22. The summed E-state index contributed by atoms with van der Waals surface area (Å²) in [6.07, 6.45) is 2.09. The molecule has 0 spiro atoms. The summed E-state index contributed by atoms with van der Waals surface area (Å²) in [5.74, 6) is 0.138. The second-order valence-electron chi connectivity index (χ2n) is 5.34. The van der Waals surface area contributed by atoms with Crippen LogP contribution in [0.15, 0.2) is 43.0 Å². The lowest BCUT2D eigenvalue weighted by Gasteiger charge is -2.14. The topological polar surface area (TPSA) is 97.1 Å². The van der Waals surface area contributed by atoms with Gasteiger partial charge in [-0.3, -0.25) is 10.1 Å². The Labute approximate surface area is 156 Å². The molecule has 2 aromatic rings. The van der Waals surface area contributed by atoms with Crippen molar-refractivity contribution in [3.8, 4) is 23.0 Å². The molecule has 8 heteroatoms. The van der Waals surface area contributed by atoms with Crippen LogP contribution in [0.5, 0.6) is 23.0 Å². The lowest BCUT2D eigenvalue weighted by atomic mass is 10.1. The number of nitro groups is 1. The number of rotatable bonds is 8. The number of carbonyl (C=O) groups is 1. The molecule has 0 atom stereocenters. The Balaban J connectivity index is 2.43. The third-order valence-corrected chi connectivity index (χ3v) is 3.72. The normalized spacial score (nSPS) is 10.0. The van der Waals surface area contributed by atoms with Gasteiger partial charge in [-0.05, 0) is 30.7 Å². The smallest absolute Gasteiger partial charge is 0.343 e. The van der Waals surface area contributed by atoms with E-state index in [2.05, 4.69) is 6.58 Å². The average molecular weight is 373 g/mol. The molecule has 0 aliphatic rings. The van der Waals surface area contributed by atoms with Gasteiger partial charge in [-0.15, -0.1) is 6.58 Å². The molecule has 0 heterocycles. The van der Waals surface area contributed by atoms with Crippen LogP contribution < -0.4 is 18.9 Å². The van der Waals surface area contributed by atoms with Gasteiger partial charge in [0, 0.05) is 5.56 Å². The fourth-order valence-electron chi connectivity index (χ4n) is 2.48. The van der Waals surface area contributed by atoms with Gasteiger partial charge in [0.25, 0.3) is 0 Å². The van der Waals surface area contributed by atoms with E-state index in [0.717, 1.165) is 0 Å². The van der Waals surface area contributed by atoms with Gasteiger partial charge in [0.15, 0.2) is 11.5 Å². The van der Waals surface area contributed by atoms with Crippen LogP contribution in [-0.4, -0.2) is 32.2 Å². The Bertz CT molecular complexity index is 877. The lowest BCUT2D eigenvalue weighted by molar-refractivity contribution is -0.385. The van der Waals surface area contributed by atoms with Gasteiger partial charge in [0.2, 0.25) is 5.75 Å². The van der Waals surface area contributed by atoms with Gasteiger partial charge in [-0.2, -0.15) is 0 Å². The number of nitrogens with zero attached hydrogens (tertiary/aromatic N) is 1. The maximum absolute atomic E-state index is 12.6. The van der Waals surface area contributed by atoms with Crippen molar-refractivity contribution in [2.24, 2.45) is 0 Å². The van der Waals surface area contributed by atoms with Crippen LogP contribution in [0.25, 0.3) is 0 Å². The van der Waals surface area contributed by atoms with E-state index in [1.54, 1.807) is 12.1 Å². The molecule has 2 aromatic carbocycles. The van der Waals surface area contributed by atoms with E-state index >= 15 is 0 Å². The summed E-state index contributed by atoms with van der Waals surface area (Å²) < 4.78 is 20.8. The summed E-state index contributed by atoms with van der Waals surface area (Å²) in [4.78, 5) is 23.2. The van der Waals surface area contributed by atoms with Gasteiger partial charge in [-0.1, -0.05) is 6.08 Å². The minimum absolute atomic E-state index is 0.162. The zero-order valence-corrected chi connectivity index (χ0v) is 15.2. The molecule has 142 valence electrons. The molecule has 0 unspecified atom stereocenters. The molecule has 0 aromatic heterocycles. The van der Waals surface area contributed by atoms with Crippen LogP contribution in [0.1, 0.15) is 15.9 Å². The first kappa shape index (κ1) is 19.8. The second-order valence-corrected chi connectivity index (χ2v) is 5.34. The van der Waals surface area contributed by atoms with Crippen LogP contribution >= 0.6 is 0 Å². The first-order valence-corrected chi connectivity index (χ1v) is 7.85. The summed E-state index contributed by atoms with van der Waals surface area (Å²) in [5.41, 5.74) is 0.451. The van der Waals surface area contributed by atoms with Crippen molar-refractivity contribution < 1.29 is 28.7 Å². The summed E-state index contributed by atoms with van der Waals surface area (Å²) in [5, 5.41) is 11.2. The Morgan fingerprint density at radius 3 is 2.41 bits per heavy atom. The molecule has 27 heavy (non-hydrogen) atoms. The molecule has 0 N–H and O–H groups in total. The highest BCUT2D eigenvalue weighted by Crippen LogP contribution is 2.35. The monoisotopic (exact) mass is 373 g/mol. The van der Waals surface area contributed by atoms with Crippen LogP contribution in [0, 0.1) is 10.1 Å². The van der Waals surface area contributed by atoms with Crippen LogP contribution in [-0.2, 0) is 6.42 Å². The number of allylic oxidation sites excluding steroid dienone is 1. The summed E-state index contributed by atoms with van der Waals surface area (Å²) in [6.45, 7) is 3.68. The predicted molar refractivity (Wildman–Crippen MR) is 98.1 cm³/mol. The molecule has 0 saturated heterocycles. The Kier molecular flexibility index (Phi) is 6.37. The number of benzene rings is 2. The third kappa shape index (κ3) is 4.35. The van der Waals surface area contributed by atoms with E-state index in [9.17, 15) is 14.9 Å². The molecule has 0 aliphatic carbocycles. The standard InChI is InChI=1S/C19H19NO7/c1-5-6-12-9-13(10-17(25-3)18(12)26-4)19(21)27-16-8-7-14(24-2)11-15(16)20(22)23/h5,7-11H,1,6H2,2-4H3. The number of ether oxygens (including phenoxy) is 4. The molecule has 0 aliphatic heterocycles. The van der Waals surface area contributed by atoms with Gasteiger partial charge >= 0.3 is 11.7 Å². The Morgan fingerprint density at radius 1 is 1.11 bits per heavy atom. The van der Waals surface area contributed by atoms with Gasteiger partial charge in [0.05, 0.1) is 37.9 Å². The largest absolute Gasteiger partial charge is 0.496 e. The molecule has 0 radical (unpaired) electrons. The van der Waals surface area contributed by atoms with Crippen LogP contribution in [0.3, 0.4) is 0 Å². The second kappa shape index (κ2) is 8.70. The van der Waals surface area contributed by atoms with Gasteiger partial charge in [-0.25, -0.2) is 4.79 Å². The molecule has 0 bridgehead atoms. The maximum Gasteiger partial charge on any atom is 0.343 e. The fraction of sp³-hybridized carbons (Fsp3) is 0.211. The molecule has 8 nitrogen and oxygen atoms in total. The number of methoxy groups -OCH3 is 3. The predicted octanol–water partition coefficient (Wildman–Crippen LogP) is 3.57. The molecular weight excluding hydrogens is 354 g/mol. The first-order chi connectivity index (χ1) is 12.9. The summed E-state index contributed by atoms with van der Waals surface area (Å²) >= 11 is 0. The zero-order chi connectivity index (χ0) is 20.0. The lowest BCUT2D eigenvalue weighted by Crippen LogP contribution is -2.11. The van der Waals surface area contributed by atoms with Crippen molar-refractivity contribution >= 4 is 11.7 Å². The van der Waals surface area contributed by atoms with Crippen LogP contribution in [0.4, 0.5) is 5.69 Å². The van der Waals surface area contributed by atoms with E-state index < -0.39 is 10.9 Å². The van der Waals surface area contributed by atoms with Gasteiger partial charge in [0.1, 0.15) is 5.75 Å². The highest BCUT2D eigenvalue weighted by molar-refractivity contribution is 5.92. The SMILES string of the molecule is C=CCc1cc(C(=O)Oc2ccc(OC)cc2[N+](=O)[O-])cc(OC)c1OC. The van der Waals surface area contributed by atoms with E-state index in [-0.39, 0.29) is 22.7 Å². The van der Waals surface area contributed by atoms with Crippen molar-refractivity contribution in [1.29, 1.82) is 0 Å². The Hall–Kier alpha value is -3.55. The Morgan fingerprint density at radius 2 is 1.85 bits per heavy atom. The van der Waals surface area contributed by atoms with E-state index in [1.165, 1.54) is 45.6 Å². The first-order valence-electron chi connectivity index (χ1n) is 7.85. The quantitative estimate of drug-likeness (QED) is 0.229. The van der Waals surface area contributed by atoms with E-state index in [4.69, 9.17) is 18.9 Å². The fourth-order valence-corrected chi connectivity index (χ4v) is 2.48. The minimum atomic E-state index is -0.769. The third-order valence-electron chi connectivity index (χ3n) is 3.72. The van der Waals surface area contributed by atoms with Crippen LogP contribution in [0.2, 0.25) is 0 Å². The van der Waals surface area contributed by atoms with Crippen molar-refractivity contribution in [2.45, 2.75) is 6.42 Å². The van der Waals surface area contributed by atoms with E-state index in [1.807, 2.05) is 0 Å². The minimum Gasteiger partial charge on any atom is -0.496 e. The summed E-state index contributed by atoms with van der Waals surface area (Å²) in [6, 6.07) is 6.97.